The molecule has 0 aromatic heterocycles. The van der Waals surface area contributed by atoms with Crippen LogP contribution < -0.4 is 9.62 Å². The van der Waals surface area contributed by atoms with Crippen molar-refractivity contribution in [2.24, 2.45) is 0 Å². The van der Waals surface area contributed by atoms with Crippen molar-refractivity contribution in [2.75, 3.05) is 17.1 Å². The monoisotopic (exact) mass is 531 g/mol. The number of carbonyl (C=O) groups excluding carboxylic acids is 2. The highest BCUT2D eigenvalue weighted by atomic mass is 32.2. The second kappa shape index (κ2) is 12.5. The maximum atomic E-state index is 13.7. The standard InChI is InChI=1S/C28H38FN3O4S/c1-5-26(28(34)30-24-8-6-7-9-24)31(18-21-10-14-23(29)15-11-21)27(33)19-32(37(4,35)36)25-16-12-22(13-17-25)20(2)3/h10-17,20,24,26H,5-9,18-19H2,1-4H3,(H,30,34)/t26-/m0/s1. The molecule has 1 aliphatic carbocycles. The van der Waals surface area contributed by atoms with Gasteiger partial charge < -0.3 is 10.2 Å². The van der Waals surface area contributed by atoms with Crippen molar-refractivity contribution >= 4 is 27.5 Å². The Morgan fingerprint density at radius 3 is 2.14 bits per heavy atom. The number of rotatable bonds is 11. The van der Waals surface area contributed by atoms with E-state index in [1.807, 2.05) is 32.9 Å². The maximum Gasteiger partial charge on any atom is 0.244 e. The maximum absolute atomic E-state index is 13.7. The minimum atomic E-state index is -3.79. The summed E-state index contributed by atoms with van der Waals surface area (Å²) in [5, 5.41) is 3.07. The van der Waals surface area contributed by atoms with Crippen LogP contribution in [0.4, 0.5) is 10.1 Å². The molecule has 1 saturated carbocycles. The Hall–Kier alpha value is -2.94. The van der Waals surface area contributed by atoms with E-state index in [4.69, 9.17) is 0 Å². The average Bonchev–Trinajstić information content (AvgIpc) is 3.36. The molecule has 0 radical (unpaired) electrons. The highest BCUT2D eigenvalue weighted by molar-refractivity contribution is 7.92. The number of sulfonamides is 1. The van der Waals surface area contributed by atoms with Crippen molar-refractivity contribution in [1.82, 2.24) is 10.2 Å². The van der Waals surface area contributed by atoms with Crippen molar-refractivity contribution < 1.29 is 22.4 Å². The average molecular weight is 532 g/mol. The van der Waals surface area contributed by atoms with Crippen LogP contribution in [0.25, 0.3) is 0 Å². The lowest BCUT2D eigenvalue weighted by Crippen LogP contribution is -2.53. The van der Waals surface area contributed by atoms with Gasteiger partial charge in [0.15, 0.2) is 0 Å². The summed E-state index contributed by atoms with van der Waals surface area (Å²) >= 11 is 0. The summed E-state index contributed by atoms with van der Waals surface area (Å²) in [5.74, 6) is -0.883. The Morgan fingerprint density at radius 2 is 1.62 bits per heavy atom. The number of halogens is 1. The molecule has 9 heteroatoms. The fourth-order valence-electron chi connectivity index (χ4n) is 4.71. The second-order valence-corrected chi connectivity index (χ2v) is 12.0. The number of hydrogen-bond acceptors (Lipinski definition) is 4. The Labute approximate surface area is 220 Å². The van der Waals surface area contributed by atoms with Gasteiger partial charge in [0.25, 0.3) is 0 Å². The summed E-state index contributed by atoms with van der Waals surface area (Å²) < 4.78 is 40.1. The Bertz CT molecular complexity index is 1160. The largest absolute Gasteiger partial charge is 0.352 e. The van der Waals surface area contributed by atoms with Gasteiger partial charge in [-0.2, -0.15) is 0 Å². The first kappa shape index (κ1) is 28.6. The van der Waals surface area contributed by atoms with E-state index in [-0.39, 0.29) is 24.4 Å². The van der Waals surface area contributed by atoms with Gasteiger partial charge in [-0.15, -0.1) is 0 Å². The summed E-state index contributed by atoms with van der Waals surface area (Å²) in [5.41, 5.74) is 2.08. The molecule has 0 heterocycles. The predicted molar refractivity (Wildman–Crippen MR) is 144 cm³/mol. The first-order valence-corrected chi connectivity index (χ1v) is 14.8. The molecule has 2 aromatic carbocycles. The molecule has 0 saturated heterocycles. The molecule has 37 heavy (non-hydrogen) atoms. The molecule has 1 fully saturated rings. The summed E-state index contributed by atoms with van der Waals surface area (Å²) in [6, 6.07) is 12.1. The Kier molecular flexibility index (Phi) is 9.70. The van der Waals surface area contributed by atoms with Gasteiger partial charge in [-0.1, -0.05) is 57.9 Å². The summed E-state index contributed by atoms with van der Waals surface area (Å²) in [4.78, 5) is 28.4. The molecule has 2 aromatic rings. The number of nitrogens with one attached hydrogen (secondary N) is 1. The van der Waals surface area contributed by atoms with Crippen LogP contribution in [0.5, 0.6) is 0 Å². The third-order valence-corrected chi connectivity index (χ3v) is 8.02. The first-order valence-electron chi connectivity index (χ1n) is 12.9. The van der Waals surface area contributed by atoms with E-state index in [1.165, 1.54) is 17.0 Å². The third kappa shape index (κ3) is 7.77. The molecule has 0 bridgehead atoms. The smallest absolute Gasteiger partial charge is 0.244 e. The van der Waals surface area contributed by atoms with Gasteiger partial charge in [0.2, 0.25) is 21.8 Å². The molecular formula is C28H38FN3O4S. The summed E-state index contributed by atoms with van der Waals surface area (Å²) in [6.07, 6.45) is 5.33. The van der Waals surface area contributed by atoms with Crippen LogP contribution in [0.3, 0.4) is 0 Å². The van der Waals surface area contributed by atoms with Crippen molar-refractivity contribution in [2.45, 2.75) is 77.4 Å². The quantitative estimate of drug-likeness (QED) is 0.460. The molecule has 0 spiro atoms. The van der Waals surface area contributed by atoms with Crippen molar-refractivity contribution in [3.8, 4) is 0 Å². The Balaban J connectivity index is 1.90. The predicted octanol–water partition coefficient (Wildman–Crippen LogP) is 4.58. The number of anilines is 1. The molecule has 1 N–H and O–H groups in total. The van der Waals surface area contributed by atoms with E-state index in [0.717, 1.165) is 41.8 Å². The van der Waals surface area contributed by atoms with Gasteiger partial charge in [-0.05, 0) is 60.6 Å². The SMILES string of the molecule is CC[C@@H](C(=O)NC1CCCC1)N(Cc1ccc(F)cc1)C(=O)CN(c1ccc(C(C)C)cc1)S(C)(=O)=O. The van der Waals surface area contributed by atoms with Gasteiger partial charge in [-0.3, -0.25) is 13.9 Å². The topological polar surface area (TPSA) is 86.8 Å². The van der Waals surface area contributed by atoms with Crippen molar-refractivity contribution in [1.29, 1.82) is 0 Å². The summed E-state index contributed by atoms with van der Waals surface area (Å²) in [6.45, 7) is 5.51. The Morgan fingerprint density at radius 1 is 1.03 bits per heavy atom. The van der Waals surface area contributed by atoms with Crippen molar-refractivity contribution in [3.63, 3.8) is 0 Å². The van der Waals surface area contributed by atoms with Gasteiger partial charge in [-0.25, -0.2) is 12.8 Å². The number of nitrogens with zero attached hydrogens (tertiary/aromatic N) is 2. The highest BCUT2D eigenvalue weighted by Crippen LogP contribution is 2.24. The van der Waals surface area contributed by atoms with Gasteiger partial charge in [0, 0.05) is 12.6 Å². The fourth-order valence-corrected chi connectivity index (χ4v) is 5.56. The van der Waals surface area contributed by atoms with Crippen LogP contribution in [0, 0.1) is 5.82 Å². The molecule has 202 valence electrons. The molecule has 0 unspecified atom stereocenters. The minimum absolute atomic E-state index is 0.0552. The lowest BCUT2D eigenvalue weighted by Gasteiger charge is -2.33. The molecule has 7 nitrogen and oxygen atoms in total. The zero-order valence-electron chi connectivity index (χ0n) is 22.1. The zero-order valence-corrected chi connectivity index (χ0v) is 22.9. The summed E-state index contributed by atoms with van der Waals surface area (Å²) in [7, 11) is -3.79. The van der Waals surface area contributed by atoms with Gasteiger partial charge in [0.1, 0.15) is 18.4 Å². The zero-order chi connectivity index (χ0) is 27.2. The third-order valence-electron chi connectivity index (χ3n) is 6.88. The van der Waals surface area contributed by atoms with Crippen LogP contribution in [-0.2, 0) is 26.2 Å². The van der Waals surface area contributed by atoms with E-state index < -0.39 is 34.3 Å². The first-order chi connectivity index (χ1) is 17.5. The molecule has 3 rings (SSSR count). The second-order valence-electron chi connectivity index (χ2n) is 10.1. The van der Waals surface area contributed by atoms with Gasteiger partial charge >= 0.3 is 0 Å². The lowest BCUT2D eigenvalue weighted by atomic mass is 10.0. The molecule has 1 atom stereocenters. The number of hydrogen-bond donors (Lipinski definition) is 1. The lowest BCUT2D eigenvalue weighted by molar-refractivity contribution is -0.140. The van der Waals surface area contributed by atoms with E-state index in [2.05, 4.69) is 5.32 Å². The van der Waals surface area contributed by atoms with E-state index >= 15 is 0 Å². The molecular weight excluding hydrogens is 493 g/mol. The molecule has 2 amide bonds. The van der Waals surface area contributed by atoms with E-state index in [9.17, 15) is 22.4 Å². The van der Waals surface area contributed by atoms with Crippen LogP contribution in [0.1, 0.15) is 69.9 Å². The van der Waals surface area contributed by atoms with Crippen LogP contribution in [0.15, 0.2) is 48.5 Å². The van der Waals surface area contributed by atoms with Crippen molar-refractivity contribution in [3.05, 3.63) is 65.5 Å². The number of amides is 2. The van der Waals surface area contributed by atoms with Crippen LogP contribution >= 0.6 is 0 Å². The van der Waals surface area contributed by atoms with Gasteiger partial charge in [0.05, 0.1) is 11.9 Å². The number of benzene rings is 2. The normalized spacial score (nSPS) is 15.0. The molecule has 0 aliphatic heterocycles. The fraction of sp³-hybridized carbons (Fsp3) is 0.500. The number of carbonyl (C=O) groups is 2. The van der Waals surface area contributed by atoms with E-state index in [1.54, 1.807) is 24.3 Å². The molecule has 1 aliphatic rings. The minimum Gasteiger partial charge on any atom is -0.352 e. The van der Waals surface area contributed by atoms with E-state index in [0.29, 0.717) is 17.7 Å². The van der Waals surface area contributed by atoms with Crippen LogP contribution in [0.2, 0.25) is 0 Å². The van der Waals surface area contributed by atoms with Crippen LogP contribution in [-0.4, -0.2) is 50.0 Å². The highest BCUT2D eigenvalue weighted by Gasteiger charge is 2.33.